The Balaban J connectivity index is 2.27. The fourth-order valence-corrected chi connectivity index (χ4v) is 2.25. The van der Waals surface area contributed by atoms with Gasteiger partial charge in [0.2, 0.25) is 0 Å². The van der Waals surface area contributed by atoms with Crippen molar-refractivity contribution in [2.45, 2.75) is 13.0 Å². The van der Waals surface area contributed by atoms with Crippen LogP contribution in [-0.4, -0.2) is 36.0 Å². The van der Waals surface area contributed by atoms with Crippen LogP contribution in [0.5, 0.6) is 0 Å². The van der Waals surface area contributed by atoms with E-state index in [1.807, 2.05) is 37.3 Å². The Morgan fingerprint density at radius 3 is 2.82 bits per heavy atom. The summed E-state index contributed by atoms with van der Waals surface area (Å²) >= 11 is 0. The van der Waals surface area contributed by atoms with Gasteiger partial charge in [-0.05, 0) is 18.1 Å². The normalized spacial score (nSPS) is 19.6. The van der Waals surface area contributed by atoms with E-state index >= 15 is 0 Å². The molecule has 0 N–H and O–H groups in total. The zero-order chi connectivity index (χ0) is 12.4. The zero-order valence-corrected chi connectivity index (χ0v) is 10.1. The van der Waals surface area contributed by atoms with Crippen molar-refractivity contribution in [2.75, 3.05) is 20.1 Å². The number of amides is 2. The maximum Gasteiger partial charge on any atom is 0.321 e. The van der Waals surface area contributed by atoms with Crippen molar-refractivity contribution >= 4 is 6.03 Å². The highest BCUT2D eigenvalue weighted by Crippen LogP contribution is 2.29. The second kappa shape index (κ2) is 4.46. The van der Waals surface area contributed by atoms with Gasteiger partial charge in [0.15, 0.2) is 0 Å². The molecule has 1 aliphatic rings. The molecule has 0 saturated carbocycles. The molecule has 1 heterocycles. The summed E-state index contributed by atoms with van der Waals surface area (Å²) in [4.78, 5) is 15.2. The van der Waals surface area contributed by atoms with Crippen molar-refractivity contribution in [3.05, 3.63) is 35.4 Å². The molecule has 1 aromatic rings. The minimum Gasteiger partial charge on any atom is -0.319 e. The van der Waals surface area contributed by atoms with Gasteiger partial charge in [-0.1, -0.05) is 24.3 Å². The number of nitriles is 1. The van der Waals surface area contributed by atoms with Crippen LogP contribution in [0.15, 0.2) is 24.3 Å². The number of hydrogen-bond donors (Lipinski definition) is 0. The van der Waals surface area contributed by atoms with Crippen molar-refractivity contribution in [1.82, 2.24) is 9.80 Å². The molecule has 1 saturated heterocycles. The zero-order valence-electron chi connectivity index (χ0n) is 10.1. The van der Waals surface area contributed by atoms with Crippen molar-refractivity contribution in [2.24, 2.45) is 0 Å². The lowest BCUT2D eigenvalue weighted by molar-refractivity contribution is 0.199. The molecule has 0 bridgehead atoms. The summed E-state index contributed by atoms with van der Waals surface area (Å²) in [6, 6.07) is 10.1. The van der Waals surface area contributed by atoms with Crippen LogP contribution >= 0.6 is 0 Å². The third-order valence-corrected chi connectivity index (χ3v) is 3.24. The molecule has 2 amide bonds. The fourth-order valence-electron chi connectivity index (χ4n) is 2.25. The lowest BCUT2D eigenvalue weighted by Crippen LogP contribution is -2.29. The maximum atomic E-state index is 11.9. The molecule has 0 aliphatic carbocycles. The average molecular weight is 229 g/mol. The summed E-state index contributed by atoms with van der Waals surface area (Å²) in [6.45, 7) is 2.79. The number of aryl methyl sites for hydroxylation is 1. The smallest absolute Gasteiger partial charge is 0.319 e. The van der Waals surface area contributed by atoms with Gasteiger partial charge in [-0.2, -0.15) is 5.26 Å². The van der Waals surface area contributed by atoms with Crippen LogP contribution in [0.3, 0.4) is 0 Å². The number of carbonyl (C=O) groups is 1. The van der Waals surface area contributed by atoms with Gasteiger partial charge < -0.3 is 9.80 Å². The Morgan fingerprint density at radius 1 is 1.47 bits per heavy atom. The third-order valence-electron chi connectivity index (χ3n) is 3.24. The number of rotatable bonds is 2. The van der Waals surface area contributed by atoms with Crippen LogP contribution in [0.1, 0.15) is 17.2 Å². The lowest BCUT2D eigenvalue weighted by Gasteiger charge is -2.19. The molecule has 0 aromatic heterocycles. The maximum absolute atomic E-state index is 11.9. The highest BCUT2D eigenvalue weighted by Gasteiger charge is 2.35. The quantitative estimate of drug-likeness (QED) is 0.727. The molecule has 0 radical (unpaired) electrons. The molecular formula is C13H15N3O. The van der Waals surface area contributed by atoms with Crippen molar-refractivity contribution in [3.63, 3.8) is 0 Å². The first-order valence-corrected chi connectivity index (χ1v) is 5.59. The van der Waals surface area contributed by atoms with Crippen LogP contribution in [0, 0.1) is 18.3 Å². The molecule has 1 aromatic carbocycles. The Hall–Kier alpha value is -2.02. The molecule has 4 heteroatoms. The van der Waals surface area contributed by atoms with Crippen LogP contribution in [-0.2, 0) is 0 Å². The minimum absolute atomic E-state index is 0.0528. The summed E-state index contributed by atoms with van der Waals surface area (Å²) in [5.74, 6) is 0. The minimum atomic E-state index is -0.0696. The molecule has 2 rings (SSSR count). The predicted molar refractivity (Wildman–Crippen MR) is 64.3 cm³/mol. The van der Waals surface area contributed by atoms with Gasteiger partial charge in [-0.15, -0.1) is 0 Å². The summed E-state index contributed by atoms with van der Waals surface area (Å²) in [7, 11) is 1.79. The van der Waals surface area contributed by atoms with Gasteiger partial charge >= 0.3 is 6.03 Å². The van der Waals surface area contributed by atoms with Gasteiger partial charge in [0, 0.05) is 13.6 Å². The van der Waals surface area contributed by atoms with Gasteiger partial charge in [0.1, 0.15) is 6.54 Å². The number of carbonyl (C=O) groups excluding carboxylic acids is 1. The van der Waals surface area contributed by atoms with E-state index in [-0.39, 0.29) is 18.6 Å². The first kappa shape index (κ1) is 11.5. The summed E-state index contributed by atoms with van der Waals surface area (Å²) in [5, 5.41) is 8.68. The molecule has 17 heavy (non-hydrogen) atoms. The topological polar surface area (TPSA) is 47.3 Å². The van der Waals surface area contributed by atoms with E-state index in [0.29, 0.717) is 6.54 Å². The second-order valence-electron chi connectivity index (χ2n) is 4.30. The van der Waals surface area contributed by atoms with E-state index in [4.69, 9.17) is 5.26 Å². The van der Waals surface area contributed by atoms with E-state index in [1.54, 1.807) is 16.8 Å². The molecule has 1 atom stereocenters. The number of likely N-dealkylation sites (N-methyl/N-ethyl adjacent to an activating group) is 1. The molecule has 0 spiro atoms. The van der Waals surface area contributed by atoms with Crippen molar-refractivity contribution < 1.29 is 4.79 Å². The van der Waals surface area contributed by atoms with Crippen LogP contribution in [0.25, 0.3) is 0 Å². The van der Waals surface area contributed by atoms with Crippen molar-refractivity contribution in [3.8, 4) is 6.07 Å². The number of benzene rings is 1. The monoisotopic (exact) mass is 229 g/mol. The number of hydrogen-bond acceptors (Lipinski definition) is 2. The van der Waals surface area contributed by atoms with Gasteiger partial charge in [-0.3, -0.25) is 0 Å². The van der Waals surface area contributed by atoms with E-state index < -0.39 is 0 Å². The molecule has 1 aliphatic heterocycles. The van der Waals surface area contributed by atoms with E-state index in [0.717, 1.165) is 5.56 Å². The SMILES string of the molecule is Cc1ccccc1C1CN(CC#N)C(=O)N1C. The Bertz CT molecular complexity index is 478. The predicted octanol–water partition coefficient (Wildman–Crippen LogP) is 1.93. The number of urea groups is 1. The highest BCUT2D eigenvalue weighted by molar-refractivity contribution is 5.77. The van der Waals surface area contributed by atoms with Gasteiger partial charge in [0.05, 0.1) is 12.1 Å². The molecule has 88 valence electrons. The van der Waals surface area contributed by atoms with Gasteiger partial charge in [-0.25, -0.2) is 4.79 Å². The van der Waals surface area contributed by atoms with Crippen molar-refractivity contribution in [1.29, 1.82) is 5.26 Å². The average Bonchev–Trinajstić information content (AvgIpc) is 2.59. The van der Waals surface area contributed by atoms with E-state index in [9.17, 15) is 4.79 Å². The first-order chi connectivity index (χ1) is 8.15. The highest BCUT2D eigenvalue weighted by atomic mass is 16.2. The summed E-state index contributed by atoms with van der Waals surface area (Å²) in [5.41, 5.74) is 2.33. The Kier molecular flexibility index (Phi) is 3.01. The Morgan fingerprint density at radius 2 is 2.18 bits per heavy atom. The molecular weight excluding hydrogens is 214 g/mol. The summed E-state index contributed by atoms with van der Waals surface area (Å²) < 4.78 is 0. The molecule has 1 fully saturated rings. The molecule has 4 nitrogen and oxygen atoms in total. The molecule has 1 unspecified atom stereocenters. The second-order valence-corrected chi connectivity index (χ2v) is 4.30. The van der Waals surface area contributed by atoms with Gasteiger partial charge in [0.25, 0.3) is 0 Å². The van der Waals surface area contributed by atoms with E-state index in [1.165, 1.54) is 5.56 Å². The van der Waals surface area contributed by atoms with Crippen LogP contribution < -0.4 is 0 Å². The first-order valence-electron chi connectivity index (χ1n) is 5.59. The lowest BCUT2D eigenvalue weighted by atomic mass is 10.0. The third kappa shape index (κ3) is 1.96. The fraction of sp³-hybridized carbons (Fsp3) is 0.385. The van der Waals surface area contributed by atoms with E-state index in [2.05, 4.69) is 0 Å². The van der Waals surface area contributed by atoms with Crippen LogP contribution in [0.4, 0.5) is 4.79 Å². The number of nitrogens with zero attached hydrogens (tertiary/aromatic N) is 3. The Labute approximate surface area is 101 Å². The standard InChI is InChI=1S/C13H15N3O/c1-10-5-3-4-6-11(10)12-9-16(8-7-14)13(17)15(12)2/h3-6,12H,8-9H2,1-2H3. The summed E-state index contributed by atoms with van der Waals surface area (Å²) in [6.07, 6.45) is 0. The largest absolute Gasteiger partial charge is 0.321 e. The van der Waals surface area contributed by atoms with Crippen LogP contribution in [0.2, 0.25) is 0 Å².